The Hall–Kier alpha value is -6.26. The van der Waals surface area contributed by atoms with E-state index in [0.717, 1.165) is 79.9 Å². The lowest BCUT2D eigenvalue weighted by Gasteiger charge is -2.22. The second-order valence-electron chi connectivity index (χ2n) is 15.4. The third-order valence-corrected chi connectivity index (χ3v) is 11.4. The zero-order valence-electron chi connectivity index (χ0n) is 33.6. The summed E-state index contributed by atoms with van der Waals surface area (Å²) in [7, 11) is 0. The lowest BCUT2D eigenvalue weighted by molar-refractivity contribution is 0.0730. The maximum Gasteiger partial charge on any atom is 0.343 e. The van der Waals surface area contributed by atoms with Gasteiger partial charge in [0.2, 0.25) is 0 Å². The smallest absolute Gasteiger partial charge is 0.343 e. The minimum Gasteiger partial charge on any atom is -0.422 e. The van der Waals surface area contributed by atoms with E-state index >= 15 is 0 Å². The predicted molar refractivity (Wildman–Crippen MR) is 240 cm³/mol. The lowest BCUT2D eigenvalue weighted by Crippen LogP contribution is -2.10. The van der Waals surface area contributed by atoms with Gasteiger partial charge in [0.25, 0.3) is 0 Å². The molecule has 0 aliphatic heterocycles. The fourth-order valence-corrected chi connectivity index (χ4v) is 8.40. The van der Waals surface area contributed by atoms with Gasteiger partial charge in [0, 0.05) is 21.5 Å². The number of benzene rings is 8. The Kier molecular flexibility index (Phi) is 11.9. The normalized spacial score (nSPS) is 11.4. The van der Waals surface area contributed by atoms with Crippen molar-refractivity contribution in [3.8, 4) is 22.6 Å². The largest absolute Gasteiger partial charge is 0.422 e. The molecule has 0 spiro atoms. The SMILES string of the molecule is CCCCCCc1ccc2c(OC(=O)c3ccccc3)c3ccccc3c(-c3c4ccccc4c(OC(=O)c4ccccc4)c4ccc(CCCCCC)cc34)c2c1. The number of unbranched alkanes of at least 4 members (excludes halogenated alkanes) is 6. The molecule has 4 heteroatoms. The highest BCUT2D eigenvalue weighted by Gasteiger charge is 2.25. The van der Waals surface area contributed by atoms with Crippen LogP contribution < -0.4 is 9.47 Å². The van der Waals surface area contributed by atoms with Gasteiger partial charge in [-0.1, -0.05) is 174 Å². The van der Waals surface area contributed by atoms with E-state index in [9.17, 15) is 9.59 Å². The minimum atomic E-state index is -0.392. The van der Waals surface area contributed by atoms with Crippen LogP contribution in [0.2, 0.25) is 0 Å². The maximum absolute atomic E-state index is 13.8. The highest BCUT2D eigenvalue weighted by molar-refractivity contribution is 6.27. The first-order valence-electron chi connectivity index (χ1n) is 21.0. The number of rotatable bonds is 15. The van der Waals surface area contributed by atoms with E-state index in [1.54, 1.807) is 24.3 Å². The van der Waals surface area contributed by atoms with Crippen LogP contribution in [0.4, 0.5) is 0 Å². The summed E-state index contributed by atoms with van der Waals surface area (Å²) in [5.41, 5.74) is 5.65. The second kappa shape index (κ2) is 17.9. The van der Waals surface area contributed by atoms with E-state index in [1.165, 1.54) is 49.7 Å². The number of aryl methyl sites for hydroxylation is 2. The van der Waals surface area contributed by atoms with Gasteiger partial charge in [0.1, 0.15) is 11.5 Å². The topological polar surface area (TPSA) is 52.6 Å². The van der Waals surface area contributed by atoms with Gasteiger partial charge in [-0.05, 0) is 93.7 Å². The molecule has 0 heterocycles. The number of carbonyl (C=O) groups is 2. The molecule has 0 aliphatic rings. The van der Waals surface area contributed by atoms with Crippen molar-refractivity contribution in [3.63, 3.8) is 0 Å². The second-order valence-corrected chi connectivity index (χ2v) is 15.4. The van der Waals surface area contributed by atoms with E-state index < -0.39 is 11.9 Å². The molecule has 0 aliphatic carbocycles. The van der Waals surface area contributed by atoms with Crippen LogP contribution in [0, 0.1) is 0 Å². The van der Waals surface area contributed by atoms with Crippen LogP contribution in [0.15, 0.2) is 146 Å². The number of ether oxygens (including phenoxy) is 2. The summed E-state index contributed by atoms with van der Waals surface area (Å²) in [4.78, 5) is 27.6. The number of carbonyl (C=O) groups excluding carboxylic acids is 2. The molecule has 4 nitrogen and oxygen atoms in total. The summed E-state index contributed by atoms with van der Waals surface area (Å²) in [6.45, 7) is 4.48. The van der Waals surface area contributed by atoms with Gasteiger partial charge in [-0.2, -0.15) is 0 Å². The molecular formula is C54H50O4. The summed E-state index contributed by atoms with van der Waals surface area (Å²) in [6.07, 6.45) is 11.3. The highest BCUT2D eigenvalue weighted by atomic mass is 16.5. The molecule has 8 aromatic carbocycles. The standard InChI is InChI=1S/C54H50O4/c1-3-5-7-11-21-37-31-33-45-47(35-37)49(41-27-17-19-29-43(41)51(45)57-53(55)39-23-13-9-14-24-39)50-42-28-18-20-30-44(42)52(58-54(56)40-25-15-10-16-26-40)46-34-32-38(36-48(46)50)22-12-8-6-4-2/h9-10,13-20,23-36H,3-8,11-12,21-22H2,1-2H3. The predicted octanol–water partition coefficient (Wildman–Crippen LogP) is 14.7. The van der Waals surface area contributed by atoms with Crippen molar-refractivity contribution in [1.29, 1.82) is 0 Å². The summed E-state index contributed by atoms with van der Waals surface area (Å²) in [5, 5.41) is 7.50. The van der Waals surface area contributed by atoms with Crippen molar-refractivity contribution in [2.45, 2.75) is 78.1 Å². The highest BCUT2D eigenvalue weighted by Crippen LogP contribution is 2.50. The Morgan fingerprint density at radius 3 is 1.14 bits per heavy atom. The zero-order chi connectivity index (χ0) is 39.8. The fourth-order valence-electron chi connectivity index (χ4n) is 8.40. The molecule has 0 fully saturated rings. The van der Waals surface area contributed by atoms with Crippen molar-refractivity contribution in [3.05, 3.63) is 168 Å². The van der Waals surface area contributed by atoms with Crippen molar-refractivity contribution >= 4 is 55.0 Å². The zero-order valence-corrected chi connectivity index (χ0v) is 33.6. The van der Waals surface area contributed by atoms with Crippen LogP contribution in [0.5, 0.6) is 11.5 Å². The van der Waals surface area contributed by atoms with Gasteiger partial charge < -0.3 is 9.47 Å². The Labute approximate surface area is 341 Å². The molecule has 0 unspecified atom stereocenters. The fraction of sp³-hybridized carbons (Fsp3) is 0.222. The summed E-state index contributed by atoms with van der Waals surface area (Å²) >= 11 is 0. The van der Waals surface area contributed by atoms with Gasteiger partial charge in [0.15, 0.2) is 0 Å². The Balaban J connectivity index is 1.43. The van der Waals surface area contributed by atoms with Crippen molar-refractivity contribution in [1.82, 2.24) is 0 Å². The van der Waals surface area contributed by atoms with E-state index in [4.69, 9.17) is 9.47 Å². The summed E-state index contributed by atoms with van der Waals surface area (Å²) in [5.74, 6) is 0.326. The van der Waals surface area contributed by atoms with Crippen LogP contribution in [0.25, 0.3) is 54.2 Å². The number of fused-ring (bicyclic) bond motifs is 4. The molecular weight excluding hydrogens is 713 g/mol. The van der Waals surface area contributed by atoms with Crippen LogP contribution in [0.1, 0.15) is 97.1 Å². The van der Waals surface area contributed by atoms with Crippen molar-refractivity contribution in [2.75, 3.05) is 0 Å². The maximum atomic E-state index is 13.8. The Bertz CT molecular complexity index is 2540. The summed E-state index contributed by atoms with van der Waals surface area (Å²) in [6, 6.07) is 48.3. The molecule has 58 heavy (non-hydrogen) atoms. The molecule has 0 radical (unpaired) electrons. The number of hydrogen-bond acceptors (Lipinski definition) is 4. The molecule has 0 amide bonds. The van der Waals surface area contributed by atoms with E-state index in [-0.39, 0.29) is 0 Å². The average Bonchev–Trinajstić information content (AvgIpc) is 3.27. The number of esters is 2. The molecule has 8 rings (SSSR count). The van der Waals surface area contributed by atoms with Gasteiger partial charge in [-0.25, -0.2) is 9.59 Å². The molecule has 0 atom stereocenters. The van der Waals surface area contributed by atoms with Crippen LogP contribution in [-0.4, -0.2) is 11.9 Å². The molecule has 0 saturated carbocycles. The third kappa shape index (κ3) is 7.97. The monoisotopic (exact) mass is 762 g/mol. The van der Waals surface area contributed by atoms with Gasteiger partial charge in [0.05, 0.1) is 11.1 Å². The Morgan fingerprint density at radius 1 is 0.379 bits per heavy atom. The van der Waals surface area contributed by atoms with Crippen LogP contribution in [0.3, 0.4) is 0 Å². The first kappa shape index (κ1) is 38.6. The lowest BCUT2D eigenvalue weighted by atomic mass is 9.84. The third-order valence-electron chi connectivity index (χ3n) is 11.4. The first-order valence-corrected chi connectivity index (χ1v) is 21.0. The first-order chi connectivity index (χ1) is 28.6. The summed E-state index contributed by atoms with van der Waals surface area (Å²) < 4.78 is 12.9. The van der Waals surface area contributed by atoms with Crippen molar-refractivity contribution in [2.24, 2.45) is 0 Å². The van der Waals surface area contributed by atoms with E-state index in [1.807, 2.05) is 48.5 Å². The van der Waals surface area contributed by atoms with Gasteiger partial charge >= 0.3 is 11.9 Å². The molecule has 0 aromatic heterocycles. The molecule has 290 valence electrons. The van der Waals surface area contributed by atoms with Gasteiger partial charge in [-0.15, -0.1) is 0 Å². The van der Waals surface area contributed by atoms with E-state index in [2.05, 4.69) is 86.6 Å². The molecule has 0 N–H and O–H groups in total. The van der Waals surface area contributed by atoms with Crippen molar-refractivity contribution < 1.29 is 19.1 Å². The van der Waals surface area contributed by atoms with Crippen LogP contribution >= 0.6 is 0 Å². The quantitative estimate of drug-likeness (QED) is 0.0452. The molecule has 0 saturated heterocycles. The Morgan fingerprint density at radius 2 is 0.741 bits per heavy atom. The van der Waals surface area contributed by atoms with E-state index in [0.29, 0.717) is 22.6 Å². The number of hydrogen-bond donors (Lipinski definition) is 0. The van der Waals surface area contributed by atoms with Crippen LogP contribution in [-0.2, 0) is 12.8 Å². The minimum absolute atomic E-state index is 0.392. The molecule has 0 bridgehead atoms. The average molecular weight is 763 g/mol. The van der Waals surface area contributed by atoms with Gasteiger partial charge in [-0.3, -0.25) is 0 Å². The molecule has 8 aromatic rings.